The van der Waals surface area contributed by atoms with E-state index in [0.29, 0.717) is 35.8 Å². The molecule has 4 N–H and O–H groups in total. The number of para-hydroxylation sites is 1. The van der Waals surface area contributed by atoms with Crippen LogP contribution in [-0.2, 0) is 10.5 Å². The second-order valence-corrected chi connectivity index (χ2v) is 9.20. The molecule has 1 saturated heterocycles. The molecule has 0 radical (unpaired) electrons. The normalized spacial score (nSPS) is 24.2. The van der Waals surface area contributed by atoms with Crippen LogP contribution in [0, 0.1) is 5.92 Å². The Balaban J connectivity index is 1.52. The molecule has 34 heavy (non-hydrogen) atoms. The number of urea groups is 1. The van der Waals surface area contributed by atoms with Gasteiger partial charge in [0.1, 0.15) is 5.75 Å². The van der Waals surface area contributed by atoms with Crippen molar-refractivity contribution in [2.24, 2.45) is 5.92 Å². The molecule has 3 amide bonds. The van der Waals surface area contributed by atoms with Gasteiger partial charge in [0.2, 0.25) is 0 Å². The van der Waals surface area contributed by atoms with Crippen molar-refractivity contribution in [2.45, 2.75) is 38.8 Å². The second kappa shape index (κ2) is 10.4. The number of piperidine rings is 1. The predicted octanol–water partition coefficient (Wildman–Crippen LogP) is 2.10. The van der Waals surface area contributed by atoms with Crippen LogP contribution in [0.5, 0.6) is 5.75 Å². The highest BCUT2D eigenvalue weighted by atomic mass is 16.5. The van der Waals surface area contributed by atoms with Gasteiger partial charge in [0.05, 0.1) is 31.9 Å². The molecule has 8 nitrogen and oxygen atoms in total. The first kappa shape index (κ1) is 24.0. The number of hydrogen-bond acceptors (Lipinski definition) is 4. The van der Waals surface area contributed by atoms with Gasteiger partial charge in [-0.25, -0.2) is 4.79 Å². The fourth-order valence-electron chi connectivity index (χ4n) is 4.80. The number of fused-ring (bicyclic) bond motifs is 1. The number of likely N-dealkylation sites (tertiary alicyclic amines) is 1. The molecule has 2 aliphatic rings. The third-order valence-corrected chi connectivity index (χ3v) is 6.77. The van der Waals surface area contributed by atoms with Crippen LogP contribution in [0.4, 0.5) is 16.2 Å². The monoisotopic (exact) mass is 467 g/mol. The average Bonchev–Trinajstić information content (AvgIpc) is 2.84. The highest BCUT2D eigenvalue weighted by Gasteiger charge is 2.51. The van der Waals surface area contributed by atoms with E-state index in [9.17, 15) is 14.7 Å². The number of nitrogens with zero attached hydrogens (tertiary/aromatic N) is 1. The van der Waals surface area contributed by atoms with E-state index in [2.05, 4.69) is 17.6 Å². The lowest BCUT2D eigenvalue weighted by atomic mass is 9.94. The summed E-state index contributed by atoms with van der Waals surface area (Å²) in [5.41, 5.74) is -1.05. The van der Waals surface area contributed by atoms with Gasteiger partial charge >= 0.3 is 6.03 Å². The Labute approximate surface area is 200 Å². The maximum absolute atomic E-state index is 13.5. The average molecular weight is 468 g/mol. The number of rotatable bonds is 8. The van der Waals surface area contributed by atoms with Crippen molar-refractivity contribution in [3.8, 4) is 5.75 Å². The maximum Gasteiger partial charge on any atom is 0.329 e. The van der Waals surface area contributed by atoms with Gasteiger partial charge < -0.3 is 25.4 Å². The largest absolute Gasteiger partial charge is 0.494 e. The summed E-state index contributed by atoms with van der Waals surface area (Å²) < 4.78 is 5.49. The van der Waals surface area contributed by atoms with Crippen LogP contribution in [0.15, 0.2) is 48.5 Å². The summed E-state index contributed by atoms with van der Waals surface area (Å²) >= 11 is 0. The third-order valence-electron chi connectivity index (χ3n) is 6.77. The number of aliphatic hydroxyl groups is 1. The van der Waals surface area contributed by atoms with Gasteiger partial charge in [-0.3, -0.25) is 9.69 Å². The first-order valence-corrected chi connectivity index (χ1v) is 12.2. The molecule has 2 aliphatic heterocycles. The molecule has 2 aromatic rings. The summed E-state index contributed by atoms with van der Waals surface area (Å²) in [5.74, 6) is 0.821. The molecule has 4 rings (SSSR count). The van der Waals surface area contributed by atoms with Crippen LogP contribution in [0.2, 0.25) is 0 Å². The third kappa shape index (κ3) is 4.88. The van der Waals surface area contributed by atoms with Gasteiger partial charge in [-0.15, -0.1) is 0 Å². The smallest absolute Gasteiger partial charge is 0.329 e. The van der Waals surface area contributed by atoms with Crippen LogP contribution in [0.25, 0.3) is 0 Å². The molecule has 8 heteroatoms. The highest BCUT2D eigenvalue weighted by Crippen LogP contribution is 2.40. The molecular weight excluding hydrogens is 432 g/mol. The maximum atomic E-state index is 13.5. The van der Waals surface area contributed by atoms with Crippen LogP contribution in [0.3, 0.4) is 0 Å². The second-order valence-electron chi connectivity index (χ2n) is 9.20. The van der Waals surface area contributed by atoms with E-state index in [-0.39, 0.29) is 0 Å². The molecule has 0 aliphatic carbocycles. The Morgan fingerprint density at radius 2 is 1.91 bits per heavy atom. The molecule has 182 valence electrons. The molecule has 2 aromatic carbocycles. The lowest BCUT2D eigenvalue weighted by Gasteiger charge is -2.42. The van der Waals surface area contributed by atoms with Gasteiger partial charge in [-0.1, -0.05) is 25.1 Å². The van der Waals surface area contributed by atoms with Crippen LogP contribution in [-0.4, -0.2) is 49.8 Å². The number of carbonyl (C=O) groups excluding carboxylic acids is 2. The Hall–Kier alpha value is -3.10. The van der Waals surface area contributed by atoms with Crippen molar-refractivity contribution in [3.05, 3.63) is 54.1 Å². The molecule has 0 aromatic heterocycles. The van der Waals surface area contributed by atoms with E-state index in [1.165, 1.54) is 12.8 Å². The number of nitrogens with one attached hydrogen (secondary N) is 3. The van der Waals surface area contributed by atoms with Gasteiger partial charge in [0, 0.05) is 24.2 Å². The van der Waals surface area contributed by atoms with Crippen molar-refractivity contribution in [1.29, 1.82) is 0 Å². The van der Waals surface area contributed by atoms with E-state index < -0.39 is 17.7 Å². The van der Waals surface area contributed by atoms with E-state index in [4.69, 9.17) is 4.74 Å². The lowest BCUT2D eigenvalue weighted by Crippen LogP contribution is -3.13. The molecule has 0 bridgehead atoms. The van der Waals surface area contributed by atoms with E-state index in [0.717, 1.165) is 36.9 Å². The zero-order valence-corrected chi connectivity index (χ0v) is 20.0. The van der Waals surface area contributed by atoms with Crippen LogP contribution < -0.4 is 25.2 Å². The summed E-state index contributed by atoms with van der Waals surface area (Å²) in [6.07, 6.45) is 3.29. The van der Waals surface area contributed by atoms with Gasteiger partial charge in [0.25, 0.3) is 11.6 Å². The van der Waals surface area contributed by atoms with Gasteiger partial charge in [-0.2, -0.15) is 0 Å². The fourth-order valence-corrected chi connectivity index (χ4v) is 4.80. The number of ether oxygens (including phenoxy) is 1. The fraction of sp³-hybridized carbons (Fsp3) is 0.462. The molecule has 1 atom stereocenters. The van der Waals surface area contributed by atoms with Gasteiger partial charge in [-0.05, 0) is 56.0 Å². The molecular formula is C26H35N4O4+. The lowest BCUT2D eigenvalue weighted by molar-refractivity contribution is -0.906. The predicted molar refractivity (Wildman–Crippen MR) is 131 cm³/mol. The minimum atomic E-state index is -2.18. The Morgan fingerprint density at radius 3 is 2.62 bits per heavy atom. The van der Waals surface area contributed by atoms with Crippen molar-refractivity contribution >= 4 is 23.3 Å². The summed E-state index contributed by atoms with van der Waals surface area (Å²) in [6, 6.07) is 13.0. The Morgan fingerprint density at radius 1 is 1.21 bits per heavy atom. The highest BCUT2D eigenvalue weighted by molar-refractivity contribution is 6.11. The first-order valence-electron chi connectivity index (χ1n) is 12.2. The number of amides is 3. The summed E-state index contributed by atoms with van der Waals surface area (Å²) in [5, 5.41) is 17.5. The van der Waals surface area contributed by atoms with Crippen molar-refractivity contribution in [3.63, 3.8) is 0 Å². The van der Waals surface area contributed by atoms with Crippen LogP contribution in [0.1, 0.15) is 38.7 Å². The Kier molecular flexibility index (Phi) is 7.38. The number of benzene rings is 2. The standard InChI is InChI=1S/C26H34N4O4/c1-3-34-21-11-9-20(10-12-21)30-25(32)28-23-8-5-4-7-22(23)26(30,33)24(31)27-15-6-16-29-17-13-19(2)14-18-29/h4-5,7-12,19,33H,3,6,13-18H2,1-2H3,(H,27,31)(H,28,32)/p+1. The first-order chi connectivity index (χ1) is 16.4. The van der Waals surface area contributed by atoms with E-state index >= 15 is 0 Å². The number of quaternary nitrogens is 1. The summed E-state index contributed by atoms with van der Waals surface area (Å²) in [4.78, 5) is 29.2. The molecule has 1 fully saturated rings. The Bertz CT molecular complexity index is 1000. The molecule has 2 heterocycles. The summed E-state index contributed by atoms with van der Waals surface area (Å²) in [7, 11) is 0. The van der Waals surface area contributed by atoms with E-state index in [1.807, 2.05) is 6.92 Å². The summed E-state index contributed by atoms with van der Waals surface area (Å²) in [6.45, 7) is 8.44. The van der Waals surface area contributed by atoms with Crippen molar-refractivity contribution < 1.29 is 24.3 Å². The topological polar surface area (TPSA) is 95.3 Å². The minimum Gasteiger partial charge on any atom is -0.494 e. The minimum absolute atomic E-state index is 0.330. The zero-order valence-electron chi connectivity index (χ0n) is 20.0. The van der Waals surface area contributed by atoms with Crippen molar-refractivity contribution in [1.82, 2.24) is 5.32 Å². The number of anilines is 2. The SMILES string of the molecule is CCOc1ccc(N2C(=O)Nc3ccccc3C2(O)C(=O)NCCC[NH+]2CCC(C)CC2)cc1. The quantitative estimate of drug-likeness (QED) is 0.447. The molecule has 0 spiro atoms. The van der Waals surface area contributed by atoms with E-state index in [1.54, 1.807) is 53.4 Å². The molecule has 1 unspecified atom stereocenters. The molecule has 0 saturated carbocycles. The number of hydrogen-bond donors (Lipinski definition) is 4. The van der Waals surface area contributed by atoms with Crippen LogP contribution >= 0.6 is 0 Å². The number of carbonyl (C=O) groups is 2. The zero-order chi connectivity index (χ0) is 24.1. The van der Waals surface area contributed by atoms with Crippen molar-refractivity contribution in [2.75, 3.05) is 43.0 Å². The van der Waals surface area contributed by atoms with Gasteiger partial charge in [0.15, 0.2) is 0 Å².